The Morgan fingerprint density at radius 2 is 1.65 bits per heavy atom. The fourth-order valence-electron chi connectivity index (χ4n) is 2.49. The summed E-state index contributed by atoms with van der Waals surface area (Å²) in [6.45, 7) is 3.06. The lowest BCUT2D eigenvalue weighted by atomic mass is 9.77. The predicted octanol–water partition coefficient (Wildman–Crippen LogP) is 0.454. The minimum absolute atomic E-state index is 0.0998. The van der Waals surface area contributed by atoms with E-state index in [4.69, 9.17) is 16.7 Å². The number of nitrogens with zero attached hydrogens (tertiary/aromatic N) is 1. The Labute approximate surface area is 118 Å². The zero-order valence-corrected chi connectivity index (χ0v) is 12.1. The van der Waals surface area contributed by atoms with Crippen molar-refractivity contribution in [3.63, 3.8) is 0 Å². The third kappa shape index (κ3) is 3.20. The fraction of sp³-hybridized carbons (Fsp3) is 0.769. The molecular weight excluding hydrogens is 260 g/mol. The molecule has 1 saturated carbocycles. The standard InChI is InChI=1S/C13H24N4O3/c1-12(2,10(15)18)16-11(19)13(9(14)17-20)7-5-3-4-6-8-13/h20H,3-8H2,1-2H3,(H2,14,17)(H2,15,18)(H,16,19). The lowest BCUT2D eigenvalue weighted by Crippen LogP contribution is -2.59. The van der Waals surface area contributed by atoms with Gasteiger partial charge in [0.05, 0.1) is 0 Å². The number of nitrogens with two attached hydrogens (primary N) is 2. The van der Waals surface area contributed by atoms with Gasteiger partial charge in [-0.25, -0.2) is 0 Å². The molecule has 0 heterocycles. The van der Waals surface area contributed by atoms with Crippen LogP contribution in [-0.2, 0) is 9.59 Å². The van der Waals surface area contributed by atoms with Crippen molar-refractivity contribution in [1.82, 2.24) is 5.32 Å². The average molecular weight is 284 g/mol. The molecular formula is C13H24N4O3. The summed E-state index contributed by atoms with van der Waals surface area (Å²) in [6.07, 6.45) is 4.66. The van der Waals surface area contributed by atoms with Crippen molar-refractivity contribution in [3.8, 4) is 0 Å². The van der Waals surface area contributed by atoms with Gasteiger partial charge in [-0.05, 0) is 26.7 Å². The molecule has 0 atom stereocenters. The van der Waals surface area contributed by atoms with Crippen LogP contribution in [0.2, 0.25) is 0 Å². The molecule has 0 radical (unpaired) electrons. The molecule has 0 aromatic carbocycles. The first-order valence-electron chi connectivity index (χ1n) is 6.87. The third-order valence-corrected chi connectivity index (χ3v) is 4.03. The highest BCUT2D eigenvalue weighted by atomic mass is 16.4. The Morgan fingerprint density at radius 1 is 1.15 bits per heavy atom. The maximum Gasteiger partial charge on any atom is 0.242 e. The Kier molecular flexibility index (Phi) is 4.97. The third-order valence-electron chi connectivity index (χ3n) is 4.03. The van der Waals surface area contributed by atoms with Gasteiger partial charge in [0.2, 0.25) is 11.8 Å². The van der Waals surface area contributed by atoms with Crippen molar-refractivity contribution in [3.05, 3.63) is 0 Å². The second-order valence-electron chi connectivity index (χ2n) is 5.92. The Balaban J connectivity index is 3.05. The average Bonchev–Trinajstić information content (AvgIpc) is 2.63. The van der Waals surface area contributed by atoms with Crippen molar-refractivity contribution >= 4 is 17.6 Å². The van der Waals surface area contributed by atoms with Gasteiger partial charge in [0.15, 0.2) is 5.84 Å². The molecule has 0 unspecified atom stereocenters. The van der Waals surface area contributed by atoms with E-state index in [1.807, 2.05) is 0 Å². The van der Waals surface area contributed by atoms with E-state index in [9.17, 15) is 9.59 Å². The molecule has 0 aromatic rings. The topological polar surface area (TPSA) is 131 Å². The fourth-order valence-corrected chi connectivity index (χ4v) is 2.49. The van der Waals surface area contributed by atoms with Gasteiger partial charge in [-0.3, -0.25) is 9.59 Å². The Morgan fingerprint density at radius 3 is 2.05 bits per heavy atom. The molecule has 0 saturated heterocycles. The van der Waals surface area contributed by atoms with E-state index in [2.05, 4.69) is 10.5 Å². The summed E-state index contributed by atoms with van der Waals surface area (Å²) < 4.78 is 0. The first-order valence-corrected chi connectivity index (χ1v) is 6.87. The van der Waals surface area contributed by atoms with Gasteiger partial charge in [0.25, 0.3) is 0 Å². The van der Waals surface area contributed by atoms with E-state index in [1.54, 1.807) is 0 Å². The normalized spacial score (nSPS) is 20.0. The number of rotatable bonds is 4. The lowest BCUT2D eigenvalue weighted by Gasteiger charge is -2.33. The number of carbonyl (C=O) groups excluding carboxylic acids is 2. The summed E-state index contributed by atoms with van der Waals surface area (Å²) in [5.41, 5.74) is 8.81. The molecule has 0 aliphatic heterocycles. The number of hydrogen-bond acceptors (Lipinski definition) is 4. The van der Waals surface area contributed by atoms with Crippen LogP contribution in [0.5, 0.6) is 0 Å². The quantitative estimate of drug-likeness (QED) is 0.196. The molecule has 0 spiro atoms. The van der Waals surface area contributed by atoms with Gasteiger partial charge < -0.3 is 22.0 Å². The highest BCUT2D eigenvalue weighted by Crippen LogP contribution is 2.36. The summed E-state index contributed by atoms with van der Waals surface area (Å²) in [5, 5.41) is 14.7. The van der Waals surface area contributed by atoms with E-state index in [0.29, 0.717) is 12.8 Å². The molecule has 7 nitrogen and oxygen atoms in total. The SMILES string of the molecule is CC(C)(NC(=O)C1(C(N)=NO)CCCCCC1)C(N)=O. The number of nitrogens with one attached hydrogen (secondary N) is 1. The molecule has 7 heteroatoms. The molecule has 1 aliphatic carbocycles. The van der Waals surface area contributed by atoms with E-state index in [0.717, 1.165) is 25.7 Å². The Bertz CT molecular complexity index is 410. The maximum atomic E-state index is 12.6. The smallest absolute Gasteiger partial charge is 0.242 e. The molecule has 20 heavy (non-hydrogen) atoms. The number of oxime groups is 1. The largest absolute Gasteiger partial charge is 0.409 e. The minimum atomic E-state index is -1.17. The first-order chi connectivity index (χ1) is 9.26. The van der Waals surface area contributed by atoms with Crippen LogP contribution in [0.4, 0.5) is 0 Å². The van der Waals surface area contributed by atoms with Crippen molar-refractivity contribution in [2.24, 2.45) is 22.0 Å². The van der Waals surface area contributed by atoms with Crippen LogP contribution in [0.15, 0.2) is 5.16 Å². The number of primary amides is 1. The molecule has 1 fully saturated rings. The number of amides is 2. The van der Waals surface area contributed by atoms with Crippen molar-refractivity contribution < 1.29 is 14.8 Å². The molecule has 1 rings (SSSR count). The Hall–Kier alpha value is -1.79. The summed E-state index contributed by atoms with van der Waals surface area (Å²) in [7, 11) is 0. The second kappa shape index (κ2) is 6.11. The van der Waals surface area contributed by atoms with Crippen molar-refractivity contribution in [1.29, 1.82) is 0 Å². The monoisotopic (exact) mass is 284 g/mol. The van der Waals surface area contributed by atoms with Gasteiger partial charge in [0.1, 0.15) is 11.0 Å². The van der Waals surface area contributed by atoms with E-state index >= 15 is 0 Å². The number of amidine groups is 1. The zero-order valence-electron chi connectivity index (χ0n) is 12.1. The number of carbonyl (C=O) groups is 2. The minimum Gasteiger partial charge on any atom is -0.409 e. The summed E-state index contributed by atoms with van der Waals surface area (Å²) >= 11 is 0. The maximum absolute atomic E-state index is 12.6. The molecule has 114 valence electrons. The van der Waals surface area contributed by atoms with Crippen LogP contribution in [0.25, 0.3) is 0 Å². The summed E-state index contributed by atoms with van der Waals surface area (Å²) in [5.74, 6) is -1.13. The molecule has 0 aromatic heterocycles. The van der Waals surface area contributed by atoms with Crippen LogP contribution in [0.3, 0.4) is 0 Å². The van der Waals surface area contributed by atoms with Gasteiger partial charge in [-0.1, -0.05) is 30.8 Å². The van der Waals surface area contributed by atoms with Gasteiger partial charge >= 0.3 is 0 Å². The van der Waals surface area contributed by atoms with Crippen LogP contribution in [-0.4, -0.2) is 28.4 Å². The van der Waals surface area contributed by atoms with Crippen molar-refractivity contribution in [2.45, 2.75) is 57.9 Å². The van der Waals surface area contributed by atoms with Crippen LogP contribution < -0.4 is 16.8 Å². The van der Waals surface area contributed by atoms with Crippen LogP contribution in [0, 0.1) is 5.41 Å². The van der Waals surface area contributed by atoms with Gasteiger partial charge in [-0.2, -0.15) is 0 Å². The first kappa shape index (κ1) is 16.3. The highest BCUT2D eigenvalue weighted by Gasteiger charge is 2.45. The predicted molar refractivity (Wildman–Crippen MR) is 75.0 cm³/mol. The van der Waals surface area contributed by atoms with Crippen LogP contribution >= 0.6 is 0 Å². The highest BCUT2D eigenvalue weighted by molar-refractivity contribution is 6.08. The molecule has 6 N–H and O–H groups in total. The summed E-state index contributed by atoms with van der Waals surface area (Å²) in [4.78, 5) is 24.0. The second-order valence-corrected chi connectivity index (χ2v) is 5.92. The van der Waals surface area contributed by atoms with E-state index < -0.39 is 22.8 Å². The molecule has 2 amide bonds. The van der Waals surface area contributed by atoms with E-state index in [1.165, 1.54) is 13.8 Å². The van der Waals surface area contributed by atoms with Gasteiger partial charge in [0, 0.05) is 0 Å². The number of hydrogen-bond donors (Lipinski definition) is 4. The molecule has 1 aliphatic rings. The zero-order chi connectivity index (χ0) is 15.4. The summed E-state index contributed by atoms with van der Waals surface area (Å²) in [6, 6.07) is 0. The van der Waals surface area contributed by atoms with Gasteiger partial charge in [-0.15, -0.1) is 0 Å². The van der Waals surface area contributed by atoms with Crippen LogP contribution in [0.1, 0.15) is 52.4 Å². The molecule has 0 bridgehead atoms. The van der Waals surface area contributed by atoms with E-state index in [-0.39, 0.29) is 5.84 Å². The lowest BCUT2D eigenvalue weighted by molar-refractivity contribution is -0.134. The van der Waals surface area contributed by atoms with Crippen molar-refractivity contribution in [2.75, 3.05) is 0 Å².